The maximum atomic E-state index is 12.1. The number of aromatic nitrogens is 1. The Balaban J connectivity index is 1.54. The number of benzene rings is 1. The Labute approximate surface area is 132 Å². The summed E-state index contributed by atoms with van der Waals surface area (Å²) in [4.78, 5) is 23.7. The van der Waals surface area contributed by atoms with Crippen LogP contribution in [0.3, 0.4) is 0 Å². The molecule has 1 unspecified atom stereocenters. The van der Waals surface area contributed by atoms with Gasteiger partial charge in [-0.15, -0.1) is 0 Å². The summed E-state index contributed by atoms with van der Waals surface area (Å²) in [5.74, 6) is 0.289. The lowest BCUT2D eigenvalue weighted by Crippen LogP contribution is -2.31. The van der Waals surface area contributed by atoms with Crippen molar-refractivity contribution in [3.8, 4) is 5.75 Å². The van der Waals surface area contributed by atoms with Crippen LogP contribution in [0.4, 0.5) is 0 Å². The first-order valence-electron chi connectivity index (χ1n) is 7.17. The number of aryl methyl sites for hydroxylation is 1. The molecule has 0 N–H and O–H groups in total. The summed E-state index contributed by atoms with van der Waals surface area (Å²) in [6, 6.07) is 7.71. The van der Waals surface area contributed by atoms with E-state index in [2.05, 4.69) is 0 Å². The fourth-order valence-corrected chi connectivity index (χ4v) is 3.27. The second kappa shape index (κ2) is 6.36. The predicted octanol–water partition coefficient (Wildman–Crippen LogP) is 2.01. The zero-order valence-corrected chi connectivity index (χ0v) is 13.1. The summed E-state index contributed by atoms with van der Waals surface area (Å²) in [6.45, 7) is 2.80. The van der Waals surface area contributed by atoms with Gasteiger partial charge in [-0.25, -0.2) is 0 Å². The molecule has 22 heavy (non-hydrogen) atoms. The molecule has 1 aromatic heterocycles. The minimum atomic E-state index is -0.282. The first-order valence-corrected chi connectivity index (χ1v) is 8.05. The summed E-state index contributed by atoms with van der Waals surface area (Å²) in [7, 11) is 0. The quantitative estimate of drug-likeness (QED) is 0.809. The maximum absolute atomic E-state index is 12.1. The molecule has 1 aromatic carbocycles. The number of thiazole rings is 1. The molecule has 0 spiro atoms. The fourth-order valence-electron chi connectivity index (χ4n) is 2.51. The molecule has 0 aliphatic carbocycles. The molecular formula is C16H17NO4S. The summed E-state index contributed by atoms with van der Waals surface area (Å²) in [6.07, 6.45) is 0.631. The van der Waals surface area contributed by atoms with Crippen molar-refractivity contribution in [1.29, 1.82) is 0 Å². The number of fused-ring (bicyclic) bond motifs is 1. The summed E-state index contributed by atoms with van der Waals surface area (Å²) < 4.78 is 12.5. The molecule has 1 aliphatic heterocycles. The smallest absolute Gasteiger partial charge is 0.312 e. The van der Waals surface area contributed by atoms with Crippen LogP contribution >= 0.6 is 11.3 Å². The Morgan fingerprint density at radius 1 is 1.45 bits per heavy atom. The largest absolute Gasteiger partial charge is 0.492 e. The van der Waals surface area contributed by atoms with Crippen LogP contribution in [0.25, 0.3) is 0 Å². The van der Waals surface area contributed by atoms with Gasteiger partial charge >= 0.3 is 10.8 Å². The number of hydrogen-bond acceptors (Lipinski definition) is 5. The summed E-state index contributed by atoms with van der Waals surface area (Å²) in [5.41, 5.74) is 1.92. The van der Waals surface area contributed by atoms with Crippen molar-refractivity contribution in [1.82, 2.24) is 4.57 Å². The van der Waals surface area contributed by atoms with Gasteiger partial charge in [-0.3, -0.25) is 14.2 Å². The predicted molar refractivity (Wildman–Crippen MR) is 83.4 cm³/mol. The molecule has 6 heteroatoms. The SMILES string of the molecule is Cc1csc(=O)n1CCOC(=O)C1COc2ccccc2C1. The molecule has 1 aliphatic rings. The highest BCUT2D eigenvalue weighted by molar-refractivity contribution is 7.07. The van der Waals surface area contributed by atoms with Crippen LogP contribution in [0, 0.1) is 12.8 Å². The van der Waals surface area contributed by atoms with Crippen molar-refractivity contribution in [2.75, 3.05) is 13.2 Å². The lowest BCUT2D eigenvalue weighted by atomic mass is 9.97. The van der Waals surface area contributed by atoms with E-state index in [4.69, 9.17) is 9.47 Å². The third-order valence-electron chi connectivity index (χ3n) is 3.75. The van der Waals surface area contributed by atoms with Crippen LogP contribution in [0.1, 0.15) is 11.3 Å². The number of ether oxygens (including phenoxy) is 2. The maximum Gasteiger partial charge on any atom is 0.312 e. The van der Waals surface area contributed by atoms with Gasteiger partial charge < -0.3 is 9.47 Å². The zero-order valence-electron chi connectivity index (χ0n) is 12.3. The molecule has 0 bridgehead atoms. The van der Waals surface area contributed by atoms with E-state index in [0.717, 1.165) is 28.3 Å². The number of para-hydroxylation sites is 1. The van der Waals surface area contributed by atoms with E-state index in [9.17, 15) is 9.59 Å². The monoisotopic (exact) mass is 319 g/mol. The molecule has 5 nitrogen and oxygen atoms in total. The van der Waals surface area contributed by atoms with Crippen LogP contribution in [-0.2, 0) is 22.5 Å². The van der Waals surface area contributed by atoms with Crippen molar-refractivity contribution in [2.45, 2.75) is 19.9 Å². The zero-order chi connectivity index (χ0) is 15.5. The number of carbonyl (C=O) groups is 1. The van der Waals surface area contributed by atoms with Gasteiger partial charge in [-0.05, 0) is 25.0 Å². The van der Waals surface area contributed by atoms with E-state index >= 15 is 0 Å². The molecule has 3 rings (SSSR count). The number of rotatable bonds is 4. The minimum Gasteiger partial charge on any atom is -0.492 e. The van der Waals surface area contributed by atoms with Gasteiger partial charge in [-0.2, -0.15) is 0 Å². The minimum absolute atomic E-state index is 0.0246. The van der Waals surface area contributed by atoms with E-state index in [1.807, 2.05) is 31.2 Å². The Hall–Kier alpha value is -2.08. The molecule has 2 heterocycles. The standard InChI is InChI=1S/C16H17NO4S/c1-11-10-22-16(19)17(11)6-7-20-15(18)13-8-12-4-2-3-5-14(12)21-9-13/h2-5,10,13H,6-9H2,1H3. The van der Waals surface area contributed by atoms with Gasteiger partial charge in [0, 0.05) is 11.1 Å². The highest BCUT2D eigenvalue weighted by Crippen LogP contribution is 2.27. The van der Waals surface area contributed by atoms with E-state index in [1.165, 1.54) is 0 Å². The normalized spacial score (nSPS) is 16.7. The van der Waals surface area contributed by atoms with Crippen molar-refractivity contribution >= 4 is 17.3 Å². The van der Waals surface area contributed by atoms with Gasteiger partial charge in [0.1, 0.15) is 19.0 Å². The van der Waals surface area contributed by atoms with E-state index in [-0.39, 0.29) is 23.4 Å². The topological polar surface area (TPSA) is 57.5 Å². The van der Waals surface area contributed by atoms with Gasteiger partial charge in [0.25, 0.3) is 0 Å². The third-order valence-corrected chi connectivity index (χ3v) is 4.63. The second-order valence-corrected chi connectivity index (χ2v) is 6.10. The number of esters is 1. The number of hydrogen-bond donors (Lipinski definition) is 0. The van der Waals surface area contributed by atoms with Gasteiger partial charge in [0.2, 0.25) is 0 Å². The van der Waals surface area contributed by atoms with E-state index in [0.29, 0.717) is 19.6 Å². The van der Waals surface area contributed by atoms with Gasteiger partial charge in [-0.1, -0.05) is 29.5 Å². The highest BCUT2D eigenvalue weighted by Gasteiger charge is 2.27. The molecular weight excluding hydrogens is 302 g/mol. The van der Waals surface area contributed by atoms with Gasteiger partial charge in [0.15, 0.2) is 0 Å². The Bertz CT molecular complexity index is 734. The van der Waals surface area contributed by atoms with Crippen LogP contribution in [0.15, 0.2) is 34.4 Å². The van der Waals surface area contributed by atoms with Crippen molar-refractivity contribution in [3.63, 3.8) is 0 Å². The summed E-state index contributed by atoms with van der Waals surface area (Å²) >= 11 is 1.16. The van der Waals surface area contributed by atoms with Crippen LogP contribution in [0.5, 0.6) is 5.75 Å². The average molecular weight is 319 g/mol. The number of carbonyl (C=O) groups excluding carboxylic acids is 1. The Morgan fingerprint density at radius 2 is 2.27 bits per heavy atom. The van der Waals surface area contributed by atoms with E-state index in [1.54, 1.807) is 9.95 Å². The molecule has 116 valence electrons. The molecule has 0 radical (unpaired) electrons. The highest BCUT2D eigenvalue weighted by atomic mass is 32.1. The van der Waals surface area contributed by atoms with Crippen molar-refractivity contribution in [2.24, 2.45) is 5.92 Å². The lowest BCUT2D eigenvalue weighted by Gasteiger charge is -2.23. The fraction of sp³-hybridized carbons (Fsp3) is 0.375. The van der Waals surface area contributed by atoms with Crippen LogP contribution < -0.4 is 9.61 Å². The van der Waals surface area contributed by atoms with E-state index < -0.39 is 0 Å². The number of nitrogens with zero attached hydrogens (tertiary/aromatic N) is 1. The molecule has 0 amide bonds. The second-order valence-electron chi connectivity index (χ2n) is 5.28. The molecule has 0 saturated heterocycles. The Kier molecular flexibility index (Phi) is 4.29. The summed E-state index contributed by atoms with van der Waals surface area (Å²) in [5, 5.41) is 1.80. The molecule has 0 saturated carbocycles. The first-order chi connectivity index (χ1) is 10.6. The van der Waals surface area contributed by atoms with Crippen molar-refractivity contribution < 1.29 is 14.3 Å². The lowest BCUT2D eigenvalue weighted by molar-refractivity contribution is -0.150. The first kappa shape index (κ1) is 14.8. The Morgan fingerprint density at radius 3 is 3.05 bits per heavy atom. The molecule has 1 atom stereocenters. The average Bonchev–Trinajstić information content (AvgIpc) is 2.86. The van der Waals surface area contributed by atoms with Crippen molar-refractivity contribution in [3.05, 3.63) is 50.6 Å². The van der Waals surface area contributed by atoms with Crippen LogP contribution in [-0.4, -0.2) is 23.8 Å². The van der Waals surface area contributed by atoms with Gasteiger partial charge in [0.05, 0.1) is 12.5 Å². The third kappa shape index (κ3) is 3.06. The molecule has 0 fully saturated rings. The molecule has 2 aromatic rings. The van der Waals surface area contributed by atoms with Crippen LogP contribution in [0.2, 0.25) is 0 Å².